The maximum absolute atomic E-state index is 9.04. The lowest BCUT2D eigenvalue weighted by Crippen LogP contribution is -2.07. The fraction of sp³-hybridized carbons (Fsp3) is 0.538. The van der Waals surface area contributed by atoms with Crippen LogP contribution in [0.5, 0.6) is 0 Å². The van der Waals surface area contributed by atoms with Gasteiger partial charge in [-0.1, -0.05) is 36.9 Å². The van der Waals surface area contributed by atoms with Crippen LogP contribution in [0, 0.1) is 0 Å². The van der Waals surface area contributed by atoms with Gasteiger partial charge in [0.05, 0.1) is 6.61 Å². The lowest BCUT2D eigenvalue weighted by Gasteiger charge is -2.21. The minimum atomic E-state index is 0.0210. The zero-order valence-corrected chi connectivity index (χ0v) is 10.9. The average molecular weight is 257 g/mol. The van der Waals surface area contributed by atoms with Crippen molar-refractivity contribution >= 4 is 23.4 Å². The van der Waals surface area contributed by atoms with Crippen LogP contribution in [0.4, 0.5) is 0 Å². The molecule has 0 aromatic heterocycles. The zero-order valence-electron chi connectivity index (χ0n) is 9.29. The normalized spacial score (nSPS) is 17.6. The number of thioether (sulfide) groups is 1. The highest BCUT2D eigenvalue weighted by Crippen LogP contribution is 2.35. The number of rotatable bonds is 3. The van der Waals surface area contributed by atoms with Gasteiger partial charge in [0.2, 0.25) is 0 Å². The summed E-state index contributed by atoms with van der Waals surface area (Å²) in [7, 11) is 0. The molecular formula is C13H17ClOS. The van der Waals surface area contributed by atoms with E-state index >= 15 is 0 Å². The SMILES string of the molecule is OCc1ccc(SC2CCCCC2)cc1Cl. The van der Waals surface area contributed by atoms with Gasteiger partial charge >= 0.3 is 0 Å². The molecule has 1 aliphatic rings. The predicted molar refractivity (Wildman–Crippen MR) is 70.1 cm³/mol. The van der Waals surface area contributed by atoms with Crippen molar-refractivity contribution in [1.29, 1.82) is 0 Å². The lowest BCUT2D eigenvalue weighted by atomic mass is 10.0. The van der Waals surface area contributed by atoms with Crippen molar-refractivity contribution < 1.29 is 5.11 Å². The fourth-order valence-corrected chi connectivity index (χ4v) is 3.70. The fourth-order valence-electron chi connectivity index (χ4n) is 2.11. The summed E-state index contributed by atoms with van der Waals surface area (Å²) in [6.07, 6.45) is 6.76. The molecule has 0 unspecified atom stereocenters. The Morgan fingerprint density at radius 1 is 1.25 bits per heavy atom. The Morgan fingerprint density at radius 3 is 2.62 bits per heavy atom. The summed E-state index contributed by atoms with van der Waals surface area (Å²) in [4.78, 5) is 1.23. The van der Waals surface area contributed by atoms with Gasteiger partial charge < -0.3 is 5.11 Å². The Kier molecular flexibility index (Phi) is 4.56. The molecule has 16 heavy (non-hydrogen) atoms. The molecule has 0 atom stereocenters. The van der Waals surface area contributed by atoms with Crippen LogP contribution in [-0.4, -0.2) is 10.4 Å². The molecule has 1 nitrogen and oxygen atoms in total. The number of hydrogen-bond acceptors (Lipinski definition) is 2. The highest BCUT2D eigenvalue weighted by atomic mass is 35.5. The maximum Gasteiger partial charge on any atom is 0.0696 e. The van der Waals surface area contributed by atoms with E-state index in [-0.39, 0.29) is 6.61 Å². The smallest absolute Gasteiger partial charge is 0.0696 e. The monoisotopic (exact) mass is 256 g/mol. The molecule has 3 heteroatoms. The third-order valence-corrected chi connectivity index (χ3v) is 4.73. The summed E-state index contributed by atoms with van der Waals surface area (Å²) >= 11 is 8.01. The molecule has 0 amide bonds. The molecular weight excluding hydrogens is 240 g/mol. The third kappa shape index (κ3) is 3.16. The summed E-state index contributed by atoms with van der Waals surface area (Å²) < 4.78 is 0. The van der Waals surface area contributed by atoms with E-state index in [9.17, 15) is 0 Å². The molecule has 1 aromatic rings. The first-order valence-corrected chi connectivity index (χ1v) is 7.11. The number of hydrogen-bond donors (Lipinski definition) is 1. The van der Waals surface area contributed by atoms with Crippen LogP contribution in [0.2, 0.25) is 5.02 Å². The van der Waals surface area contributed by atoms with Crippen molar-refractivity contribution in [2.24, 2.45) is 0 Å². The van der Waals surface area contributed by atoms with Gasteiger partial charge in [-0.2, -0.15) is 0 Å². The van der Waals surface area contributed by atoms with Crippen LogP contribution < -0.4 is 0 Å². The van der Waals surface area contributed by atoms with Crippen molar-refractivity contribution in [3.63, 3.8) is 0 Å². The van der Waals surface area contributed by atoms with Crippen molar-refractivity contribution in [2.75, 3.05) is 0 Å². The largest absolute Gasteiger partial charge is 0.392 e. The van der Waals surface area contributed by atoms with Crippen LogP contribution in [0.1, 0.15) is 37.7 Å². The highest BCUT2D eigenvalue weighted by molar-refractivity contribution is 8.00. The van der Waals surface area contributed by atoms with Gasteiger partial charge in [0.25, 0.3) is 0 Å². The molecule has 1 aliphatic carbocycles. The summed E-state index contributed by atoms with van der Waals surface area (Å²) in [6.45, 7) is 0.0210. The highest BCUT2D eigenvalue weighted by Gasteiger charge is 2.14. The minimum Gasteiger partial charge on any atom is -0.392 e. The molecule has 0 spiro atoms. The number of benzene rings is 1. The first kappa shape index (κ1) is 12.3. The Labute approximate surface area is 106 Å². The summed E-state index contributed by atoms with van der Waals surface area (Å²) in [5.74, 6) is 0. The molecule has 1 aromatic carbocycles. The average Bonchev–Trinajstić information content (AvgIpc) is 2.31. The molecule has 0 aliphatic heterocycles. The number of aliphatic hydroxyl groups excluding tert-OH is 1. The summed E-state index contributed by atoms with van der Waals surface area (Å²) in [6, 6.07) is 5.97. The van der Waals surface area contributed by atoms with E-state index in [2.05, 4.69) is 6.07 Å². The predicted octanol–water partition coefficient (Wildman–Crippen LogP) is 4.26. The first-order valence-electron chi connectivity index (χ1n) is 5.85. The topological polar surface area (TPSA) is 20.2 Å². The Bertz CT molecular complexity index is 348. The standard InChI is InChI=1S/C13H17ClOS/c14-13-8-12(7-6-10(13)9-15)16-11-4-2-1-3-5-11/h6-8,11,15H,1-5,9H2. The van der Waals surface area contributed by atoms with E-state index in [1.807, 2.05) is 23.9 Å². The van der Waals surface area contributed by atoms with Gasteiger partial charge in [-0.15, -0.1) is 11.8 Å². The number of aliphatic hydroxyl groups is 1. The van der Waals surface area contributed by atoms with Crippen LogP contribution in [-0.2, 0) is 6.61 Å². The van der Waals surface area contributed by atoms with E-state index in [1.54, 1.807) is 0 Å². The second-order valence-electron chi connectivity index (χ2n) is 4.29. The summed E-state index contributed by atoms with van der Waals surface area (Å²) in [5, 5.41) is 10.5. The zero-order chi connectivity index (χ0) is 11.4. The quantitative estimate of drug-likeness (QED) is 0.872. The molecule has 0 heterocycles. The second-order valence-corrected chi connectivity index (χ2v) is 6.07. The van der Waals surface area contributed by atoms with E-state index in [0.29, 0.717) is 5.02 Å². The van der Waals surface area contributed by atoms with Gasteiger partial charge in [0.15, 0.2) is 0 Å². The van der Waals surface area contributed by atoms with Gasteiger partial charge in [0.1, 0.15) is 0 Å². The maximum atomic E-state index is 9.04. The van der Waals surface area contributed by atoms with Crippen molar-refractivity contribution in [3.8, 4) is 0 Å². The molecule has 1 N–H and O–H groups in total. The van der Waals surface area contributed by atoms with Crippen molar-refractivity contribution in [1.82, 2.24) is 0 Å². The van der Waals surface area contributed by atoms with E-state index < -0.39 is 0 Å². The molecule has 88 valence electrons. The van der Waals surface area contributed by atoms with E-state index in [1.165, 1.54) is 37.0 Å². The van der Waals surface area contributed by atoms with Crippen molar-refractivity contribution in [2.45, 2.75) is 48.9 Å². The lowest BCUT2D eigenvalue weighted by molar-refractivity contribution is 0.282. The van der Waals surface area contributed by atoms with Gasteiger partial charge in [-0.3, -0.25) is 0 Å². The molecule has 1 fully saturated rings. The van der Waals surface area contributed by atoms with Gasteiger partial charge in [-0.05, 0) is 30.5 Å². The van der Waals surface area contributed by atoms with Gasteiger partial charge in [0, 0.05) is 15.2 Å². The molecule has 0 saturated heterocycles. The minimum absolute atomic E-state index is 0.0210. The Morgan fingerprint density at radius 2 is 2.00 bits per heavy atom. The Balaban J connectivity index is 2.01. The van der Waals surface area contributed by atoms with Crippen molar-refractivity contribution in [3.05, 3.63) is 28.8 Å². The third-order valence-electron chi connectivity index (χ3n) is 3.05. The molecule has 1 saturated carbocycles. The van der Waals surface area contributed by atoms with Crippen LogP contribution >= 0.6 is 23.4 Å². The van der Waals surface area contributed by atoms with Gasteiger partial charge in [-0.25, -0.2) is 0 Å². The number of halogens is 1. The Hall–Kier alpha value is -0.180. The van der Waals surface area contributed by atoms with Crippen LogP contribution in [0.25, 0.3) is 0 Å². The van der Waals surface area contributed by atoms with E-state index in [0.717, 1.165) is 10.8 Å². The van der Waals surface area contributed by atoms with Crippen LogP contribution in [0.15, 0.2) is 23.1 Å². The van der Waals surface area contributed by atoms with Crippen LogP contribution in [0.3, 0.4) is 0 Å². The summed E-state index contributed by atoms with van der Waals surface area (Å²) in [5.41, 5.74) is 0.815. The molecule has 0 radical (unpaired) electrons. The molecule has 2 rings (SSSR count). The second kappa shape index (κ2) is 5.95. The molecule has 0 bridgehead atoms. The van der Waals surface area contributed by atoms with E-state index in [4.69, 9.17) is 16.7 Å². The first-order chi connectivity index (χ1) is 7.79.